The average Bonchev–Trinajstić information content (AvgIpc) is 2.52. The molecule has 1 rings (SSSR count). The number of rotatable bonds is 9. The second-order valence-electron chi connectivity index (χ2n) is 6.53. The summed E-state index contributed by atoms with van der Waals surface area (Å²) in [5.41, 5.74) is 0. The molecule has 5 heteroatoms. The van der Waals surface area contributed by atoms with Crippen LogP contribution in [0.25, 0.3) is 0 Å². The molecule has 22 heavy (non-hydrogen) atoms. The van der Waals surface area contributed by atoms with Crippen molar-refractivity contribution >= 4 is 5.96 Å². The van der Waals surface area contributed by atoms with Gasteiger partial charge >= 0.3 is 0 Å². The molecule has 1 saturated heterocycles. The van der Waals surface area contributed by atoms with Crippen molar-refractivity contribution in [2.45, 2.75) is 39.5 Å². The van der Waals surface area contributed by atoms with Gasteiger partial charge in [0, 0.05) is 47.0 Å². The zero-order chi connectivity index (χ0) is 16.2. The van der Waals surface area contributed by atoms with E-state index in [-0.39, 0.29) is 0 Å². The molecule has 0 amide bonds. The van der Waals surface area contributed by atoms with E-state index in [1.165, 1.54) is 19.3 Å². The van der Waals surface area contributed by atoms with E-state index in [1.54, 1.807) is 0 Å². The van der Waals surface area contributed by atoms with Crippen LogP contribution < -0.4 is 5.32 Å². The number of nitrogens with one attached hydrogen (secondary N) is 1. The van der Waals surface area contributed by atoms with E-state index in [9.17, 15) is 0 Å². The predicted octanol–water partition coefficient (Wildman–Crippen LogP) is 2.37. The van der Waals surface area contributed by atoms with Crippen LogP contribution in [0.5, 0.6) is 0 Å². The topological polar surface area (TPSA) is 46.1 Å². The number of aliphatic imine (C=N–C) groups is 1. The molecular weight excluding hydrogens is 278 g/mol. The summed E-state index contributed by atoms with van der Waals surface area (Å²) in [6.45, 7) is 9.72. The number of ether oxygens (including phenoxy) is 2. The van der Waals surface area contributed by atoms with Gasteiger partial charge in [-0.05, 0) is 37.5 Å². The summed E-state index contributed by atoms with van der Waals surface area (Å²) in [7, 11) is 3.95. The predicted molar refractivity (Wildman–Crippen MR) is 92.4 cm³/mol. The molecule has 1 heterocycles. The van der Waals surface area contributed by atoms with Gasteiger partial charge in [0.25, 0.3) is 0 Å². The minimum absolute atomic E-state index is 0.706. The zero-order valence-electron chi connectivity index (χ0n) is 14.9. The van der Waals surface area contributed by atoms with Crippen LogP contribution in [0, 0.1) is 11.8 Å². The molecule has 0 aliphatic carbocycles. The van der Waals surface area contributed by atoms with Crippen LogP contribution >= 0.6 is 0 Å². The lowest BCUT2D eigenvalue weighted by Crippen LogP contribution is -2.41. The Bertz CT molecular complexity index is 302. The summed E-state index contributed by atoms with van der Waals surface area (Å²) in [4.78, 5) is 6.56. The normalized spacial score (nSPS) is 17.0. The van der Waals surface area contributed by atoms with Crippen molar-refractivity contribution in [3.05, 3.63) is 0 Å². The summed E-state index contributed by atoms with van der Waals surface area (Å²) >= 11 is 0. The van der Waals surface area contributed by atoms with Crippen molar-refractivity contribution < 1.29 is 9.47 Å². The van der Waals surface area contributed by atoms with Crippen molar-refractivity contribution in [1.82, 2.24) is 10.2 Å². The maximum absolute atomic E-state index is 5.62. The Morgan fingerprint density at radius 3 is 2.68 bits per heavy atom. The Labute approximate surface area is 136 Å². The zero-order valence-corrected chi connectivity index (χ0v) is 14.9. The largest absolute Gasteiger partial charge is 0.381 e. The fraction of sp³-hybridized carbons (Fsp3) is 0.941. The number of guanidine groups is 1. The third-order valence-electron chi connectivity index (χ3n) is 4.16. The van der Waals surface area contributed by atoms with E-state index >= 15 is 0 Å². The number of hydrogen-bond donors (Lipinski definition) is 1. The third-order valence-corrected chi connectivity index (χ3v) is 4.16. The Morgan fingerprint density at radius 1 is 1.32 bits per heavy atom. The smallest absolute Gasteiger partial charge is 0.193 e. The van der Waals surface area contributed by atoms with E-state index in [2.05, 4.69) is 36.1 Å². The van der Waals surface area contributed by atoms with E-state index in [0.717, 1.165) is 57.8 Å². The Hall–Kier alpha value is -0.810. The molecule has 0 unspecified atom stereocenters. The highest BCUT2D eigenvalue weighted by Crippen LogP contribution is 2.18. The van der Waals surface area contributed by atoms with Crippen LogP contribution in [-0.4, -0.2) is 64.5 Å². The van der Waals surface area contributed by atoms with Crippen molar-refractivity contribution in [1.29, 1.82) is 0 Å². The summed E-state index contributed by atoms with van der Waals surface area (Å²) in [5, 5.41) is 3.37. The molecule has 0 aromatic heterocycles. The fourth-order valence-electron chi connectivity index (χ4n) is 2.56. The highest BCUT2D eigenvalue weighted by atomic mass is 16.5. The van der Waals surface area contributed by atoms with E-state index < -0.39 is 0 Å². The number of hydrogen-bond acceptors (Lipinski definition) is 3. The maximum atomic E-state index is 5.62. The van der Waals surface area contributed by atoms with Crippen LogP contribution in [0.1, 0.15) is 39.5 Å². The molecule has 1 aliphatic rings. The van der Waals surface area contributed by atoms with Gasteiger partial charge in [-0.2, -0.15) is 0 Å². The molecule has 0 atom stereocenters. The minimum atomic E-state index is 0.706. The van der Waals surface area contributed by atoms with Crippen molar-refractivity contribution in [2.75, 3.05) is 53.6 Å². The summed E-state index contributed by atoms with van der Waals surface area (Å²) < 4.78 is 11.0. The van der Waals surface area contributed by atoms with Gasteiger partial charge in [0.1, 0.15) is 0 Å². The third kappa shape index (κ3) is 8.59. The van der Waals surface area contributed by atoms with Crippen LogP contribution in [-0.2, 0) is 9.47 Å². The Balaban J connectivity index is 2.11. The molecule has 0 radical (unpaired) electrons. The van der Waals surface area contributed by atoms with Gasteiger partial charge in [0.05, 0.1) is 6.61 Å². The lowest BCUT2D eigenvalue weighted by Gasteiger charge is -2.26. The molecular formula is C17H35N3O2. The van der Waals surface area contributed by atoms with Gasteiger partial charge in [-0.1, -0.05) is 13.8 Å². The van der Waals surface area contributed by atoms with Crippen molar-refractivity contribution in [2.24, 2.45) is 16.8 Å². The summed E-state index contributed by atoms with van der Waals surface area (Å²) in [5.74, 6) is 2.46. The lowest BCUT2D eigenvalue weighted by atomic mass is 9.96. The maximum Gasteiger partial charge on any atom is 0.193 e. The first-order valence-electron chi connectivity index (χ1n) is 8.70. The highest BCUT2D eigenvalue weighted by Gasteiger charge is 2.15. The van der Waals surface area contributed by atoms with Gasteiger partial charge < -0.3 is 19.7 Å². The first-order chi connectivity index (χ1) is 10.6. The lowest BCUT2D eigenvalue weighted by molar-refractivity contribution is 0.0625. The molecule has 1 aliphatic heterocycles. The molecule has 1 fully saturated rings. The monoisotopic (exact) mass is 313 g/mol. The standard InChI is InChI=1S/C17H35N3O2/c1-15(2)6-11-22-14-9-19-17(18-3)20(4)10-5-16-7-12-21-13-8-16/h15-16H,5-14H2,1-4H3,(H,18,19). The van der Waals surface area contributed by atoms with Crippen molar-refractivity contribution in [3.63, 3.8) is 0 Å². The minimum Gasteiger partial charge on any atom is -0.381 e. The van der Waals surface area contributed by atoms with Crippen LogP contribution in [0.4, 0.5) is 0 Å². The number of nitrogens with zero attached hydrogens (tertiary/aromatic N) is 2. The van der Waals surface area contributed by atoms with Gasteiger partial charge in [-0.25, -0.2) is 0 Å². The van der Waals surface area contributed by atoms with Crippen LogP contribution in [0.2, 0.25) is 0 Å². The second-order valence-corrected chi connectivity index (χ2v) is 6.53. The van der Waals surface area contributed by atoms with Gasteiger partial charge in [0.2, 0.25) is 0 Å². The van der Waals surface area contributed by atoms with Gasteiger partial charge in [0.15, 0.2) is 5.96 Å². The summed E-state index contributed by atoms with van der Waals surface area (Å²) in [6, 6.07) is 0. The van der Waals surface area contributed by atoms with Gasteiger partial charge in [-0.3, -0.25) is 4.99 Å². The highest BCUT2D eigenvalue weighted by molar-refractivity contribution is 5.79. The van der Waals surface area contributed by atoms with E-state index in [0.29, 0.717) is 5.92 Å². The van der Waals surface area contributed by atoms with Crippen LogP contribution in [0.3, 0.4) is 0 Å². The molecule has 5 nitrogen and oxygen atoms in total. The average molecular weight is 313 g/mol. The first kappa shape index (κ1) is 19.2. The molecule has 0 saturated carbocycles. The molecule has 0 aromatic rings. The SMILES string of the molecule is CN=C(NCCOCCC(C)C)N(C)CCC1CCOCC1. The van der Waals surface area contributed by atoms with Crippen molar-refractivity contribution in [3.8, 4) is 0 Å². The molecule has 0 spiro atoms. The molecule has 130 valence electrons. The molecule has 0 bridgehead atoms. The first-order valence-corrected chi connectivity index (χ1v) is 8.70. The van der Waals surface area contributed by atoms with Gasteiger partial charge in [-0.15, -0.1) is 0 Å². The summed E-state index contributed by atoms with van der Waals surface area (Å²) in [6.07, 6.45) is 4.73. The fourth-order valence-corrected chi connectivity index (χ4v) is 2.56. The van der Waals surface area contributed by atoms with E-state index in [1.807, 2.05) is 7.05 Å². The second kappa shape index (κ2) is 11.7. The van der Waals surface area contributed by atoms with E-state index in [4.69, 9.17) is 9.47 Å². The van der Waals surface area contributed by atoms with Crippen LogP contribution in [0.15, 0.2) is 4.99 Å². The Morgan fingerprint density at radius 2 is 2.05 bits per heavy atom. The Kier molecular flexibility index (Phi) is 10.2. The quantitative estimate of drug-likeness (QED) is 0.403. The molecule has 1 N–H and O–H groups in total. The molecule has 0 aromatic carbocycles.